The van der Waals surface area contributed by atoms with Crippen molar-refractivity contribution in [2.75, 3.05) is 26.0 Å². The fourth-order valence-electron chi connectivity index (χ4n) is 2.48. The van der Waals surface area contributed by atoms with Gasteiger partial charge in [0, 0.05) is 6.42 Å². The summed E-state index contributed by atoms with van der Waals surface area (Å²) in [7, 11) is -3.35. The van der Waals surface area contributed by atoms with E-state index in [2.05, 4.69) is 0 Å². The van der Waals surface area contributed by atoms with Gasteiger partial charge >= 0.3 is 13.6 Å². The summed E-state index contributed by atoms with van der Waals surface area (Å²) in [6.45, 7) is 4.25. The molecule has 0 N–H and O–H groups in total. The Bertz CT molecular complexity index is 376. The third-order valence-electron chi connectivity index (χ3n) is 3.70. The van der Waals surface area contributed by atoms with Gasteiger partial charge in [-0.05, 0) is 26.7 Å². The van der Waals surface area contributed by atoms with Gasteiger partial charge in [0.05, 0.1) is 19.8 Å². The average molecular weight is 378 g/mol. The highest BCUT2D eigenvalue weighted by Gasteiger charge is 2.28. The third-order valence-corrected chi connectivity index (χ3v) is 5.65. The number of unbranched alkanes of at least 4 members (excludes halogenated alkanes) is 9. The SMILES string of the molecule is CCOP(=O)(CC(=O)OCCCCCCCCCCCC=O)OCC. The highest BCUT2D eigenvalue weighted by molar-refractivity contribution is 7.54. The Morgan fingerprint density at radius 2 is 1.32 bits per heavy atom. The Balaban J connectivity index is 3.53. The van der Waals surface area contributed by atoms with E-state index in [0.717, 1.165) is 38.4 Å². The molecule has 0 spiro atoms. The molecular weight excluding hydrogens is 343 g/mol. The minimum Gasteiger partial charge on any atom is -0.465 e. The zero-order chi connectivity index (χ0) is 18.8. The number of rotatable bonds is 18. The summed E-state index contributed by atoms with van der Waals surface area (Å²) in [5.41, 5.74) is 0. The maximum atomic E-state index is 12.2. The van der Waals surface area contributed by atoms with Crippen LogP contribution >= 0.6 is 7.60 Å². The second-order valence-corrected chi connectivity index (χ2v) is 8.02. The van der Waals surface area contributed by atoms with Crippen LogP contribution in [-0.4, -0.2) is 38.2 Å². The zero-order valence-electron chi connectivity index (χ0n) is 15.9. The van der Waals surface area contributed by atoms with Crippen molar-refractivity contribution in [3.63, 3.8) is 0 Å². The van der Waals surface area contributed by atoms with Gasteiger partial charge in [-0.3, -0.25) is 9.36 Å². The van der Waals surface area contributed by atoms with Crippen molar-refractivity contribution in [3.05, 3.63) is 0 Å². The van der Waals surface area contributed by atoms with E-state index in [4.69, 9.17) is 13.8 Å². The molecule has 0 saturated carbocycles. The molecule has 148 valence electrons. The summed E-state index contributed by atoms with van der Waals surface area (Å²) in [4.78, 5) is 21.9. The van der Waals surface area contributed by atoms with Gasteiger partial charge in [-0.1, -0.05) is 44.9 Å². The van der Waals surface area contributed by atoms with Crippen molar-refractivity contribution < 1.29 is 27.9 Å². The quantitative estimate of drug-likeness (QED) is 0.146. The predicted molar refractivity (Wildman–Crippen MR) is 98.9 cm³/mol. The van der Waals surface area contributed by atoms with Gasteiger partial charge in [0.2, 0.25) is 0 Å². The van der Waals surface area contributed by atoms with Gasteiger partial charge in [0.25, 0.3) is 0 Å². The summed E-state index contributed by atoms with van der Waals surface area (Å²) in [5.74, 6) is -0.527. The van der Waals surface area contributed by atoms with Crippen LogP contribution < -0.4 is 0 Å². The molecule has 0 bridgehead atoms. The van der Waals surface area contributed by atoms with E-state index in [1.54, 1.807) is 13.8 Å². The Hall–Kier alpha value is -0.710. The lowest BCUT2D eigenvalue weighted by atomic mass is 10.1. The molecule has 0 aliphatic heterocycles. The van der Waals surface area contributed by atoms with Crippen LogP contribution in [0.1, 0.15) is 78.1 Å². The van der Waals surface area contributed by atoms with Crippen LogP contribution in [0.3, 0.4) is 0 Å². The summed E-state index contributed by atoms with van der Waals surface area (Å²) >= 11 is 0. The molecule has 0 fully saturated rings. The van der Waals surface area contributed by atoms with Gasteiger partial charge < -0.3 is 18.6 Å². The predicted octanol–water partition coefficient (Wildman–Crippen LogP) is 4.90. The molecule has 0 unspecified atom stereocenters. The smallest absolute Gasteiger partial charge is 0.341 e. The lowest BCUT2D eigenvalue weighted by molar-refractivity contribution is -0.141. The molecule has 7 heteroatoms. The maximum Gasteiger partial charge on any atom is 0.341 e. The molecule has 0 aliphatic carbocycles. The monoisotopic (exact) mass is 378 g/mol. The molecule has 0 aliphatic rings. The first kappa shape index (κ1) is 24.3. The van der Waals surface area contributed by atoms with Crippen LogP contribution in [0.15, 0.2) is 0 Å². The van der Waals surface area contributed by atoms with Crippen molar-refractivity contribution in [1.29, 1.82) is 0 Å². The van der Waals surface area contributed by atoms with Gasteiger partial charge in [-0.2, -0.15) is 0 Å². The van der Waals surface area contributed by atoms with Gasteiger partial charge in [-0.15, -0.1) is 0 Å². The minimum atomic E-state index is -3.35. The van der Waals surface area contributed by atoms with Gasteiger partial charge in [-0.25, -0.2) is 0 Å². The number of ether oxygens (including phenoxy) is 1. The summed E-state index contributed by atoms with van der Waals surface area (Å²) < 4.78 is 27.4. The molecule has 0 heterocycles. The minimum absolute atomic E-state index is 0.238. The fraction of sp³-hybridized carbons (Fsp3) is 0.889. The van der Waals surface area contributed by atoms with Gasteiger partial charge in [0.15, 0.2) is 0 Å². The van der Waals surface area contributed by atoms with Crippen molar-refractivity contribution in [2.45, 2.75) is 78.1 Å². The van der Waals surface area contributed by atoms with Gasteiger partial charge in [0.1, 0.15) is 12.4 Å². The van der Waals surface area contributed by atoms with E-state index in [1.165, 1.54) is 25.7 Å². The molecule has 0 aromatic rings. The van der Waals surface area contributed by atoms with Crippen molar-refractivity contribution in [2.24, 2.45) is 0 Å². The second-order valence-electron chi connectivity index (χ2n) is 5.96. The second kappa shape index (κ2) is 16.7. The van der Waals surface area contributed by atoms with E-state index in [-0.39, 0.29) is 19.4 Å². The normalized spacial score (nSPS) is 11.4. The van der Waals surface area contributed by atoms with Crippen molar-refractivity contribution in [1.82, 2.24) is 0 Å². The van der Waals surface area contributed by atoms with Crippen LogP contribution in [0.2, 0.25) is 0 Å². The number of carbonyl (C=O) groups excluding carboxylic acids is 2. The lowest BCUT2D eigenvalue weighted by Crippen LogP contribution is -2.14. The largest absolute Gasteiger partial charge is 0.465 e. The molecule has 0 rings (SSSR count). The van der Waals surface area contributed by atoms with Crippen LogP contribution in [0.25, 0.3) is 0 Å². The van der Waals surface area contributed by atoms with E-state index >= 15 is 0 Å². The Kier molecular flexibility index (Phi) is 16.3. The molecule has 0 atom stereocenters. The average Bonchev–Trinajstić information content (AvgIpc) is 2.56. The Morgan fingerprint density at radius 3 is 1.80 bits per heavy atom. The lowest BCUT2D eigenvalue weighted by Gasteiger charge is -2.16. The maximum absolute atomic E-state index is 12.2. The van der Waals surface area contributed by atoms with E-state index in [0.29, 0.717) is 13.0 Å². The number of aldehydes is 1. The Labute approximate surface area is 152 Å². The first-order valence-corrected chi connectivity index (χ1v) is 11.3. The number of esters is 1. The number of hydrogen-bond donors (Lipinski definition) is 0. The first-order valence-electron chi connectivity index (χ1n) is 9.55. The standard InChI is InChI=1S/C18H35O6P/c1-3-23-25(21,24-4-2)17-18(20)22-16-14-12-10-8-6-5-7-9-11-13-15-19/h15H,3-14,16-17H2,1-2H3. The van der Waals surface area contributed by atoms with Crippen LogP contribution in [-0.2, 0) is 27.9 Å². The molecule has 0 amide bonds. The summed E-state index contributed by atoms with van der Waals surface area (Å²) in [6, 6.07) is 0. The summed E-state index contributed by atoms with van der Waals surface area (Å²) in [6.07, 6.45) is 11.3. The molecular formula is C18H35O6P. The molecule has 25 heavy (non-hydrogen) atoms. The van der Waals surface area contributed by atoms with Crippen molar-refractivity contribution >= 4 is 19.9 Å². The van der Waals surface area contributed by atoms with E-state index < -0.39 is 13.6 Å². The summed E-state index contributed by atoms with van der Waals surface area (Å²) in [5, 5.41) is 0. The topological polar surface area (TPSA) is 78.9 Å². The highest BCUT2D eigenvalue weighted by atomic mass is 31.2. The molecule has 6 nitrogen and oxygen atoms in total. The van der Waals surface area contributed by atoms with E-state index in [1.807, 2.05) is 0 Å². The molecule has 0 saturated heterocycles. The third kappa shape index (κ3) is 15.3. The first-order chi connectivity index (χ1) is 12.1. The fourth-order valence-corrected chi connectivity index (χ4v) is 3.93. The number of carbonyl (C=O) groups is 2. The van der Waals surface area contributed by atoms with Crippen molar-refractivity contribution in [3.8, 4) is 0 Å². The Morgan fingerprint density at radius 1 is 0.840 bits per heavy atom. The number of hydrogen-bond acceptors (Lipinski definition) is 6. The highest BCUT2D eigenvalue weighted by Crippen LogP contribution is 2.47. The molecule has 0 aromatic carbocycles. The van der Waals surface area contributed by atoms with Crippen LogP contribution in [0, 0.1) is 0 Å². The molecule has 0 aromatic heterocycles. The van der Waals surface area contributed by atoms with E-state index in [9.17, 15) is 14.2 Å². The van der Waals surface area contributed by atoms with Crippen LogP contribution in [0.4, 0.5) is 0 Å². The molecule has 0 radical (unpaired) electrons. The zero-order valence-corrected chi connectivity index (χ0v) is 16.8. The van der Waals surface area contributed by atoms with Crippen LogP contribution in [0.5, 0.6) is 0 Å².